The van der Waals surface area contributed by atoms with E-state index in [1.54, 1.807) is 4.90 Å². The lowest BCUT2D eigenvalue weighted by Gasteiger charge is -2.31. The van der Waals surface area contributed by atoms with Crippen LogP contribution in [0, 0.1) is 5.41 Å². The summed E-state index contributed by atoms with van der Waals surface area (Å²) in [4.78, 5) is 13.9. The predicted octanol–water partition coefficient (Wildman–Crippen LogP) is 1.76. The Balaban J connectivity index is 4.35. The Labute approximate surface area is 112 Å². The van der Waals surface area contributed by atoms with Crippen molar-refractivity contribution in [2.75, 3.05) is 19.7 Å². The number of carbonyl (C=O) groups excluding carboxylic acids is 1. The maximum Gasteiger partial charge on any atom is 0.240 e. The molecule has 0 unspecified atom stereocenters. The van der Waals surface area contributed by atoms with Gasteiger partial charge in [0.1, 0.15) is 0 Å². The smallest absolute Gasteiger partial charge is 0.240 e. The first kappa shape index (κ1) is 17.4. The van der Waals surface area contributed by atoms with Crippen LogP contribution in [-0.2, 0) is 4.79 Å². The van der Waals surface area contributed by atoms with E-state index < -0.39 is 6.04 Å². The third-order valence-corrected chi connectivity index (χ3v) is 3.16. The van der Waals surface area contributed by atoms with Crippen molar-refractivity contribution in [3.05, 3.63) is 0 Å². The van der Waals surface area contributed by atoms with Crippen molar-refractivity contribution >= 4 is 5.91 Å². The summed E-state index contributed by atoms with van der Waals surface area (Å²) in [5.41, 5.74) is 5.74. The highest BCUT2D eigenvalue weighted by molar-refractivity contribution is 5.82. The average molecular weight is 258 g/mol. The lowest BCUT2D eigenvalue weighted by molar-refractivity contribution is -0.135. The van der Waals surface area contributed by atoms with Gasteiger partial charge in [-0.1, -0.05) is 47.0 Å². The van der Waals surface area contributed by atoms with E-state index in [2.05, 4.69) is 6.92 Å². The van der Waals surface area contributed by atoms with Gasteiger partial charge in [0.2, 0.25) is 5.91 Å². The van der Waals surface area contributed by atoms with E-state index in [1.165, 1.54) is 12.8 Å². The highest BCUT2D eigenvalue weighted by atomic mass is 16.3. The number of amides is 1. The molecule has 0 aromatic heterocycles. The van der Waals surface area contributed by atoms with Crippen molar-refractivity contribution in [3.8, 4) is 0 Å². The topological polar surface area (TPSA) is 66.6 Å². The maximum atomic E-state index is 12.2. The molecular weight excluding hydrogens is 228 g/mol. The summed E-state index contributed by atoms with van der Waals surface area (Å²) in [6, 6.07) is -0.504. The van der Waals surface area contributed by atoms with Gasteiger partial charge in [-0.2, -0.15) is 0 Å². The van der Waals surface area contributed by atoms with E-state index in [1.807, 2.05) is 20.8 Å². The lowest BCUT2D eigenvalue weighted by atomic mass is 9.86. The van der Waals surface area contributed by atoms with Gasteiger partial charge in [0.25, 0.3) is 0 Å². The number of unbranched alkanes of at least 4 members (excludes halogenated alkanes) is 3. The number of hydrogen-bond donors (Lipinski definition) is 2. The number of rotatable bonds is 8. The van der Waals surface area contributed by atoms with Crippen LogP contribution in [0.5, 0.6) is 0 Å². The predicted molar refractivity (Wildman–Crippen MR) is 75.2 cm³/mol. The Morgan fingerprint density at radius 1 is 1.22 bits per heavy atom. The van der Waals surface area contributed by atoms with E-state index in [9.17, 15) is 4.79 Å². The first-order valence-electron chi connectivity index (χ1n) is 6.99. The summed E-state index contributed by atoms with van der Waals surface area (Å²) in [7, 11) is 0. The second kappa shape index (κ2) is 8.48. The van der Waals surface area contributed by atoms with Crippen LogP contribution in [0.4, 0.5) is 0 Å². The van der Waals surface area contributed by atoms with Gasteiger partial charge in [0.05, 0.1) is 12.6 Å². The van der Waals surface area contributed by atoms with Gasteiger partial charge in [-0.05, 0) is 11.8 Å². The SMILES string of the molecule is CCCCCCN(CCO)C(=O)[C@H](N)C(C)(C)C. The quantitative estimate of drug-likeness (QED) is 0.652. The number of aliphatic hydroxyl groups excluding tert-OH is 1. The molecule has 0 spiro atoms. The van der Waals surface area contributed by atoms with E-state index in [-0.39, 0.29) is 17.9 Å². The van der Waals surface area contributed by atoms with E-state index in [0.717, 1.165) is 12.8 Å². The van der Waals surface area contributed by atoms with Gasteiger partial charge >= 0.3 is 0 Å². The Morgan fingerprint density at radius 2 is 1.83 bits per heavy atom. The normalized spacial score (nSPS) is 13.4. The molecule has 1 atom stereocenters. The minimum absolute atomic E-state index is 0.00359. The molecule has 0 fully saturated rings. The number of nitrogens with zero attached hydrogens (tertiary/aromatic N) is 1. The summed E-state index contributed by atoms with van der Waals surface area (Å²) in [5, 5.41) is 9.04. The van der Waals surface area contributed by atoms with Crippen molar-refractivity contribution < 1.29 is 9.90 Å². The Kier molecular flexibility index (Phi) is 8.20. The zero-order chi connectivity index (χ0) is 14.2. The zero-order valence-corrected chi connectivity index (χ0v) is 12.4. The molecule has 0 bridgehead atoms. The molecule has 1 amide bonds. The molecule has 18 heavy (non-hydrogen) atoms. The molecule has 0 saturated heterocycles. The zero-order valence-electron chi connectivity index (χ0n) is 12.4. The third-order valence-electron chi connectivity index (χ3n) is 3.16. The molecule has 4 heteroatoms. The van der Waals surface area contributed by atoms with Crippen molar-refractivity contribution in [2.24, 2.45) is 11.1 Å². The number of hydrogen-bond acceptors (Lipinski definition) is 3. The van der Waals surface area contributed by atoms with Crippen LogP contribution in [0.3, 0.4) is 0 Å². The van der Waals surface area contributed by atoms with Crippen LogP contribution in [-0.4, -0.2) is 41.7 Å². The van der Waals surface area contributed by atoms with Gasteiger partial charge < -0.3 is 15.7 Å². The van der Waals surface area contributed by atoms with Gasteiger partial charge in [0, 0.05) is 13.1 Å². The average Bonchev–Trinajstić information content (AvgIpc) is 2.30. The van der Waals surface area contributed by atoms with Crippen LogP contribution in [0.25, 0.3) is 0 Å². The molecule has 3 N–H and O–H groups in total. The molecule has 108 valence electrons. The van der Waals surface area contributed by atoms with Crippen LogP contribution in [0.15, 0.2) is 0 Å². The van der Waals surface area contributed by atoms with Crippen molar-refractivity contribution in [1.29, 1.82) is 0 Å². The fourth-order valence-corrected chi connectivity index (χ4v) is 1.75. The highest BCUT2D eigenvalue weighted by Gasteiger charge is 2.30. The molecule has 0 aromatic rings. The lowest BCUT2D eigenvalue weighted by Crippen LogP contribution is -2.51. The van der Waals surface area contributed by atoms with Gasteiger partial charge in [-0.15, -0.1) is 0 Å². The molecule has 0 saturated carbocycles. The monoisotopic (exact) mass is 258 g/mol. The molecule has 0 aromatic carbocycles. The maximum absolute atomic E-state index is 12.2. The highest BCUT2D eigenvalue weighted by Crippen LogP contribution is 2.19. The number of aliphatic hydroxyl groups is 1. The molecule has 0 heterocycles. The van der Waals surface area contributed by atoms with E-state index in [4.69, 9.17) is 10.8 Å². The van der Waals surface area contributed by atoms with E-state index >= 15 is 0 Å². The Bertz CT molecular complexity index is 236. The fraction of sp³-hybridized carbons (Fsp3) is 0.929. The van der Waals surface area contributed by atoms with Gasteiger partial charge in [-0.25, -0.2) is 0 Å². The fourth-order valence-electron chi connectivity index (χ4n) is 1.75. The minimum Gasteiger partial charge on any atom is -0.395 e. The van der Waals surface area contributed by atoms with Gasteiger partial charge in [0.15, 0.2) is 0 Å². The second-order valence-corrected chi connectivity index (χ2v) is 5.95. The minimum atomic E-state index is -0.504. The summed E-state index contributed by atoms with van der Waals surface area (Å²) in [6.07, 6.45) is 4.47. The Hall–Kier alpha value is -0.610. The van der Waals surface area contributed by atoms with Crippen molar-refractivity contribution in [2.45, 2.75) is 59.4 Å². The molecular formula is C14H30N2O2. The van der Waals surface area contributed by atoms with Crippen LogP contribution in [0.1, 0.15) is 53.4 Å². The molecule has 0 radical (unpaired) electrons. The molecule has 0 rings (SSSR count). The summed E-state index contributed by atoms with van der Waals surface area (Å²) >= 11 is 0. The standard InChI is InChI=1S/C14H30N2O2/c1-5-6-7-8-9-16(10-11-17)13(18)12(15)14(2,3)4/h12,17H,5-11,15H2,1-4H3/t12-/m0/s1. The second-order valence-electron chi connectivity index (χ2n) is 5.95. The van der Waals surface area contributed by atoms with Crippen LogP contribution in [0.2, 0.25) is 0 Å². The number of nitrogens with two attached hydrogens (primary N) is 1. The van der Waals surface area contributed by atoms with Crippen molar-refractivity contribution in [3.63, 3.8) is 0 Å². The van der Waals surface area contributed by atoms with E-state index in [0.29, 0.717) is 13.1 Å². The van der Waals surface area contributed by atoms with Crippen LogP contribution < -0.4 is 5.73 Å². The first-order chi connectivity index (χ1) is 8.34. The summed E-state index contributed by atoms with van der Waals surface area (Å²) in [6.45, 7) is 9.12. The van der Waals surface area contributed by atoms with Crippen molar-refractivity contribution in [1.82, 2.24) is 4.90 Å². The van der Waals surface area contributed by atoms with Crippen LogP contribution >= 0.6 is 0 Å². The number of carbonyl (C=O) groups is 1. The molecule has 4 nitrogen and oxygen atoms in total. The summed E-state index contributed by atoms with van der Waals surface area (Å²) in [5.74, 6) is -0.0481. The molecule has 0 aliphatic heterocycles. The van der Waals surface area contributed by atoms with Gasteiger partial charge in [-0.3, -0.25) is 4.79 Å². The Morgan fingerprint density at radius 3 is 2.28 bits per heavy atom. The third kappa shape index (κ3) is 6.36. The molecule has 0 aliphatic rings. The largest absolute Gasteiger partial charge is 0.395 e. The molecule has 0 aliphatic carbocycles. The summed E-state index contributed by atoms with van der Waals surface area (Å²) < 4.78 is 0. The first-order valence-corrected chi connectivity index (χ1v) is 6.99.